The van der Waals surface area contributed by atoms with Gasteiger partial charge in [-0.3, -0.25) is 0 Å². The van der Waals surface area contributed by atoms with E-state index in [4.69, 9.17) is 9.47 Å². The van der Waals surface area contributed by atoms with Crippen molar-refractivity contribution in [2.45, 2.75) is 33.1 Å². The van der Waals surface area contributed by atoms with Gasteiger partial charge in [0, 0.05) is 23.1 Å². The fraction of sp³-hybridized carbons (Fsp3) is 0.368. The Labute approximate surface area is 151 Å². The molecule has 0 aliphatic heterocycles. The maximum Gasteiger partial charge on any atom is 0.167 e. The number of benzene rings is 2. The first-order chi connectivity index (χ1) is 11.5. The normalized spacial score (nSPS) is 12.0. The highest BCUT2D eigenvalue weighted by molar-refractivity contribution is 9.10. The summed E-state index contributed by atoms with van der Waals surface area (Å²) < 4.78 is 12.5. The number of halogens is 1. The Morgan fingerprint density at radius 1 is 1.21 bits per heavy atom. The van der Waals surface area contributed by atoms with Gasteiger partial charge in [-0.05, 0) is 37.1 Å². The number of aliphatic hydroxyl groups excluding tert-OH is 1. The second-order valence-corrected chi connectivity index (χ2v) is 6.61. The van der Waals surface area contributed by atoms with Crippen LogP contribution in [0.25, 0.3) is 0 Å². The minimum absolute atomic E-state index is 0.397. The molecule has 0 aliphatic rings. The van der Waals surface area contributed by atoms with E-state index in [0.717, 1.165) is 15.6 Å². The maximum absolute atomic E-state index is 9.42. The predicted octanol–water partition coefficient (Wildman–Crippen LogP) is 3.82. The molecule has 0 fully saturated rings. The molecule has 2 N–H and O–H groups in total. The van der Waals surface area contributed by atoms with Crippen LogP contribution in [0.1, 0.15) is 23.6 Å². The van der Waals surface area contributed by atoms with Crippen LogP contribution in [0.3, 0.4) is 0 Å². The molecule has 0 aliphatic carbocycles. The molecule has 2 rings (SSSR count). The molecular weight excluding hydrogens is 370 g/mol. The molecule has 0 heterocycles. The molecule has 24 heavy (non-hydrogen) atoms. The molecule has 4 nitrogen and oxygen atoms in total. The van der Waals surface area contributed by atoms with Gasteiger partial charge in [0.05, 0.1) is 13.2 Å². The summed E-state index contributed by atoms with van der Waals surface area (Å²) in [6.45, 7) is 5.39. The standard InChI is InChI=1S/C19H24BrNO3/c1-13-6-4-5-7-15(13)12-24-19-16(11-21-10-14(2)22)17(20)8-9-18(19)23-3/h4-9,14,21-22H,10-12H2,1-3H3. The third kappa shape index (κ3) is 4.97. The van der Waals surface area contributed by atoms with E-state index in [1.807, 2.05) is 24.3 Å². The molecule has 1 atom stereocenters. The van der Waals surface area contributed by atoms with Crippen molar-refractivity contribution in [1.29, 1.82) is 0 Å². The van der Waals surface area contributed by atoms with Gasteiger partial charge in [0.2, 0.25) is 0 Å². The van der Waals surface area contributed by atoms with Crippen molar-refractivity contribution in [1.82, 2.24) is 5.32 Å². The van der Waals surface area contributed by atoms with E-state index < -0.39 is 6.10 Å². The van der Waals surface area contributed by atoms with Crippen molar-refractivity contribution in [2.75, 3.05) is 13.7 Å². The van der Waals surface area contributed by atoms with Gasteiger partial charge in [-0.25, -0.2) is 0 Å². The lowest BCUT2D eigenvalue weighted by molar-refractivity contribution is 0.190. The lowest BCUT2D eigenvalue weighted by atomic mass is 10.1. The first-order valence-electron chi connectivity index (χ1n) is 7.94. The molecule has 0 bridgehead atoms. The molecule has 2 aromatic rings. The molecule has 0 saturated carbocycles. The third-order valence-electron chi connectivity index (χ3n) is 3.76. The molecule has 0 amide bonds. The smallest absolute Gasteiger partial charge is 0.167 e. The van der Waals surface area contributed by atoms with Gasteiger partial charge in [0.1, 0.15) is 6.61 Å². The number of hydrogen-bond donors (Lipinski definition) is 2. The van der Waals surface area contributed by atoms with Crippen molar-refractivity contribution < 1.29 is 14.6 Å². The zero-order chi connectivity index (χ0) is 17.5. The number of nitrogens with one attached hydrogen (secondary N) is 1. The average Bonchev–Trinajstić information content (AvgIpc) is 2.56. The fourth-order valence-electron chi connectivity index (χ4n) is 2.39. The first kappa shape index (κ1) is 18.8. The maximum atomic E-state index is 9.42. The Morgan fingerprint density at radius 2 is 1.96 bits per heavy atom. The zero-order valence-electron chi connectivity index (χ0n) is 14.3. The van der Waals surface area contributed by atoms with Crippen molar-refractivity contribution in [3.63, 3.8) is 0 Å². The summed E-state index contributed by atoms with van der Waals surface area (Å²) in [6.07, 6.45) is -0.397. The Balaban J connectivity index is 2.22. The highest BCUT2D eigenvalue weighted by Gasteiger charge is 2.15. The lowest BCUT2D eigenvalue weighted by Crippen LogP contribution is -2.24. The Morgan fingerprint density at radius 3 is 2.62 bits per heavy atom. The number of aryl methyl sites for hydroxylation is 1. The van der Waals surface area contributed by atoms with Crippen LogP contribution >= 0.6 is 15.9 Å². The van der Waals surface area contributed by atoms with Crippen LogP contribution in [0.2, 0.25) is 0 Å². The van der Waals surface area contributed by atoms with Crippen LogP contribution in [0, 0.1) is 6.92 Å². The average molecular weight is 394 g/mol. The van der Waals surface area contributed by atoms with E-state index in [9.17, 15) is 5.11 Å². The molecule has 130 valence electrons. The Bertz CT molecular complexity index is 674. The monoisotopic (exact) mass is 393 g/mol. The highest BCUT2D eigenvalue weighted by atomic mass is 79.9. The van der Waals surface area contributed by atoms with Crippen LogP contribution in [0.5, 0.6) is 11.5 Å². The summed E-state index contributed by atoms with van der Waals surface area (Å²) >= 11 is 3.58. The van der Waals surface area contributed by atoms with Crippen LogP contribution in [-0.4, -0.2) is 24.9 Å². The first-order valence-corrected chi connectivity index (χ1v) is 8.73. The van der Waals surface area contributed by atoms with E-state index >= 15 is 0 Å². The van der Waals surface area contributed by atoms with Gasteiger partial charge in [0.15, 0.2) is 11.5 Å². The molecule has 0 spiro atoms. The van der Waals surface area contributed by atoms with Crippen LogP contribution in [-0.2, 0) is 13.2 Å². The molecule has 0 radical (unpaired) electrons. The summed E-state index contributed by atoms with van der Waals surface area (Å²) in [6, 6.07) is 12.0. The van der Waals surface area contributed by atoms with Gasteiger partial charge in [-0.2, -0.15) is 0 Å². The van der Waals surface area contributed by atoms with E-state index in [1.54, 1.807) is 14.0 Å². The number of hydrogen-bond acceptors (Lipinski definition) is 4. The Hall–Kier alpha value is -1.56. The van der Waals surface area contributed by atoms with Gasteiger partial charge in [-0.1, -0.05) is 40.2 Å². The van der Waals surface area contributed by atoms with E-state index in [1.165, 1.54) is 5.56 Å². The quantitative estimate of drug-likeness (QED) is 0.715. The van der Waals surface area contributed by atoms with Gasteiger partial charge in [0.25, 0.3) is 0 Å². The molecule has 5 heteroatoms. The van der Waals surface area contributed by atoms with Crippen LogP contribution in [0.15, 0.2) is 40.9 Å². The SMILES string of the molecule is COc1ccc(Br)c(CNCC(C)O)c1OCc1ccccc1C. The Kier molecular flexibility index (Phi) is 7.09. The minimum Gasteiger partial charge on any atom is -0.493 e. The van der Waals surface area contributed by atoms with Gasteiger partial charge < -0.3 is 19.9 Å². The van der Waals surface area contributed by atoms with E-state index in [2.05, 4.69) is 40.3 Å². The van der Waals surface area contributed by atoms with E-state index in [0.29, 0.717) is 31.2 Å². The van der Waals surface area contributed by atoms with Crippen molar-refractivity contribution >= 4 is 15.9 Å². The summed E-state index contributed by atoms with van der Waals surface area (Å²) in [5.41, 5.74) is 3.31. The zero-order valence-corrected chi connectivity index (χ0v) is 15.9. The summed E-state index contributed by atoms with van der Waals surface area (Å²) in [4.78, 5) is 0. The van der Waals surface area contributed by atoms with E-state index in [-0.39, 0.29) is 0 Å². The second-order valence-electron chi connectivity index (χ2n) is 5.75. The number of rotatable bonds is 8. The van der Waals surface area contributed by atoms with Crippen molar-refractivity contribution in [3.8, 4) is 11.5 Å². The molecule has 2 aromatic carbocycles. The largest absolute Gasteiger partial charge is 0.493 e. The minimum atomic E-state index is -0.397. The molecular formula is C19H24BrNO3. The van der Waals surface area contributed by atoms with Gasteiger partial charge in [-0.15, -0.1) is 0 Å². The van der Waals surface area contributed by atoms with Crippen LogP contribution < -0.4 is 14.8 Å². The molecule has 0 aromatic heterocycles. The van der Waals surface area contributed by atoms with Gasteiger partial charge >= 0.3 is 0 Å². The van der Waals surface area contributed by atoms with Crippen LogP contribution in [0.4, 0.5) is 0 Å². The third-order valence-corrected chi connectivity index (χ3v) is 4.50. The number of methoxy groups -OCH3 is 1. The topological polar surface area (TPSA) is 50.7 Å². The predicted molar refractivity (Wildman–Crippen MR) is 99.6 cm³/mol. The summed E-state index contributed by atoms with van der Waals surface area (Å²) in [7, 11) is 1.64. The summed E-state index contributed by atoms with van der Waals surface area (Å²) in [5.74, 6) is 1.41. The highest BCUT2D eigenvalue weighted by Crippen LogP contribution is 2.36. The summed E-state index contributed by atoms with van der Waals surface area (Å²) in [5, 5.41) is 12.6. The second kappa shape index (κ2) is 9.06. The van der Waals surface area contributed by atoms with Crippen molar-refractivity contribution in [3.05, 3.63) is 57.6 Å². The molecule has 1 unspecified atom stereocenters. The number of ether oxygens (including phenoxy) is 2. The lowest BCUT2D eigenvalue weighted by Gasteiger charge is -2.18. The fourth-order valence-corrected chi connectivity index (χ4v) is 2.85. The number of aliphatic hydroxyl groups is 1. The van der Waals surface area contributed by atoms with Crippen molar-refractivity contribution in [2.24, 2.45) is 0 Å². The molecule has 0 saturated heterocycles.